The average Bonchev–Trinajstić information content (AvgIpc) is 3.94. The standard InChI is InChI=1S/C40H23N6O3.Pt/c1-43-16-17-44(23-43)24-18-29-28-21-27-26-8-2-5-11-34(26)48-35(27)22-36(28)49-39(29)37(19-24)47-25-13-14-32-33(20-25)46(38-12-6-7-15-41-38)40-42-30-9-3-4-10-31(30)45(32)40;/h2-18,21-23H,1H3;/q-3;. The third-order valence-electron chi connectivity index (χ3n) is 9.18. The molecule has 10 aromatic rings. The van der Waals surface area contributed by atoms with Gasteiger partial charge in [-0.05, 0) is 66.9 Å². The van der Waals surface area contributed by atoms with E-state index in [1.165, 1.54) is 0 Å². The summed E-state index contributed by atoms with van der Waals surface area (Å²) < 4.78 is 23.6. The minimum absolute atomic E-state index is 0. The molecule has 0 amide bonds. The van der Waals surface area contributed by atoms with Gasteiger partial charge in [-0.2, -0.15) is 6.67 Å². The fourth-order valence-electron chi connectivity index (χ4n) is 6.98. The van der Waals surface area contributed by atoms with Crippen molar-refractivity contribution in [2.75, 3.05) is 11.9 Å². The first-order chi connectivity index (χ1) is 24.2. The SMILES string of the molecule is CN1C=CN(c2[c-]c(Oc3[c-]c4c(cc3)n3c5ccccc5nc3n4-c3ccccn3)c3oc4cc5oc6ccccc6c5cc4c3c2)[CH-]1.[Pt]. The van der Waals surface area contributed by atoms with E-state index >= 15 is 0 Å². The van der Waals surface area contributed by atoms with Gasteiger partial charge in [0.05, 0.1) is 22.4 Å². The topological polar surface area (TPSA) is 77.1 Å². The molecule has 11 rings (SSSR count). The van der Waals surface area contributed by atoms with Crippen molar-refractivity contribution in [3.63, 3.8) is 0 Å². The van der Waals surface area contributed by atoms with Crippen LogP contribution >= 0.6 is 0 Å². The maximum absolute atomic E-state index is 6.69. The normalized spacial score (nSPS) is 13.3. The van der Waals surface area contributed by atoms with Crippen LogP contribution in [0.25, 0.3) is 77.5 Å². The van der Waals surface area contributed by atoms with Crippen LogP contribution in [0.4, 0.5) is 5.69 Å². The predicted molar refractivity (Wildman–Crippen MR) is 190 cm³/mol. The van der Waals surface area contributed by atoms with Crippen LogP contribution in [0.3, 0.4) is 0 Å². The second-order valence-corrected chi connectivity index (χ2v) is 12.2. The molecular formula is C40H23N6O3Pt-3. The Morgan fingerprint density at radius 1 is 0.740 bits per heavy atom. The maximum atomic E-state index is 6.69. The van der Waals surface area contributed by atoms with Crippen LogP contribution in [0.15, 0.2) is 124 Å². The summed E-state index contributed by atoms with van der Waals surface area (Å²) in [6, 6.07) is 39.2. The first kappa shape index (κ1) is 28.9. The molecule has 6 heterocycles. The van der Waals surface area contributed by atoms with Crippen molar-refractivity contribution in [3.05, 3.63) is 134 Å². The Morgan fingerprint density at radius 2 is 1.58 bits per heavy atom. The van der Waals surface area contributed by atoms with Crippen LogP contribution in [-0.4, -0.2) is 30.9 Å². The van der Waals surface area contributed by atoms with E-state index in [9.17, 15) is 0 Å². The number of furan rings is 2. The van der Waals surface area contributed by atoms with E-state index < -0.39 is 0 Å². The van der Waals surface area contributed by atoms with Crippen molar-refractivity contribution in [2.24, 2.45) is 0 Å². The van der Waals surface area contributed by atoms with Crippen LogP contribution in [0.5, 0.6) is 11.5 Å². The molecule has 9 nitrogen and oxygen atoms in total. The zero-order chi connectivity index (χ0) is 32.2. The number of aromatic nitrogens is 4. The Labute approximate surface area is 298 Å². The summed E-state index contributed by atoms with van der Waals surface area (Å²) in [6.07, 6.45) is 5.75. The molecule has 10 heteroatoms. The van der Waals surface area contributed by atoms with Gasteiger partial charge in [-0.25, -0.2) is 9.97 Å². The summed E-state index contributed by atoms with van der Waals surface area (Å²) in [5, 5.41) is 3.96. The molecule has 1 aliphatic heterocycles. The minimum Gasteiger partial charge on any atom is -0.512 e. The molecule has 0 spiro atoms. The number of ether oxygens (including phenoxy) is 1. The molecular weight excluding hydrogens is 808 g/mol. The third kappa shape index (κ3) is 4.17. The van der Waals surface area contributed by atoms with E-state index in [0.717, 1.165) is 72.1 Å². The van der Waals surface area contributed by atoms with Crippen molar-refractivity contribution < 1.29 is 34.6 Å². The van der Waals surface area contributed by atoms with Crippen molar-refractivity contribution >= 4 is 77.4 Å². The van der Waals surface area contributed by atoms with Crippen LogP contribution < -0.4 is 9.64 Å². The van der Waals surface area contributed by atoms with E-state index in [4.69, 9.17) is 18.6 Å². The second kappa shape index (κ2) is 10.7. The molecule has 0 fully saturated rings. The van der Waals surface area contributed by atoms with E-state index in [0.29, 0.717) is 22.7 Å². The molecule has 0 aliphatic carbocycles. The van der Waals surface area contributed by atoms with Crippen molar-refractivity contribution in [2.45, 2.75) is 0 Å². The van der Waals surface area contributed by atoms with Crippen LogP contribution in [0.1, 0.15) is 0 Å². The number of benzene rings is 5. The smallest absolute Gasteiger partial charge is 0.208 e. The van der Waals surface area contributed by atoms with Gasteiger partial charge in [0, 0.05) is 55.2 Å². The Balaban J connectivity index is 0.00000316. The molecule has 5 aromatic heterocycles. The molecule has 0 bridgehead atoms. The number of pyridine rings is 1. The van der Waals surface area contributed by atoms with Gasteiger partial charge in [0.2, 0.25) is 5.78 Å². The summed E-state index contributed by atoms with van der Waals surface area (Å²) in [5.41, 5.74) is 7.33. The Kier molecular flexibility index (Phi) is 6.20. The van der Waals surface area contributed by atoms with E-state index in [1.54, 1.807) is 6.20 Å². The van der Waals surface area contributed by atoms with Gasteiger partial charge in [-0.3, -0.25) is 4.57 Å². The summed E-state index contributed by atoms with van der Waals surface area (Å²) in [6.45, 7) is 1.99. The second-order valence-electron chi connectivity index (χ2n) is 12.2. The summed E-state index contributed by atoms with van der Waals surface area (Å²) in [4.78, 5) is 13.7. The Hall–Kier alpha value is -6.05. The number of rotatable bonds is 4. The molecule has 0 atom stereocenters. The maximum Gasteiger partial charge on any atom is 0.208 e. The van der Waals surface area contributed by atoms with Crippen molar-refractivity contribution in [1.29, 1.82) is 0 Å². The van der Waals surface area contributed by atoms with Gasteiger partial charge in [0.15, 0.2) is 0 Å². The number of fused-ring (bicyclic) bond motifs is 11. The summed E-state index contributed by atoms with van der Waals surface area (Å²) in [7, 11) is 1.99. The fourth-order valence-corrected chi connectivity index (χ4v) is 6.98. The fraction of sp³-hybridized carbons (Fsp3) is 0.0250. The monoisotopic (exact) mass is 830 g/mol. The number of hydrogen-bond acceptors (Lipinski definition) is 7. The van der Waals surface area contributed by atoms with Crippen molar-refractivity contribution in [3.8, 4) is 17.3 Å². The van der Waals surface area contributed by atoms with Gasteiger partial charge in [0.1, 0.15) is 22.6 Å². The van der Waals surface area contributed by atoms with Gasteiger partial charge >= 0.3 is 0 Å². The number of hydrogen-bond donors (Lipinski definition) is 0. The first-order valence-corrected chi connectivity index (χ1v) is 15.9. The largest absolute Gasteiger partial charge is 0.512 e. The molecule has 0 radical (unpaired) electrons. The molecule has 0 saturated heterocycles. The Bertz CT molecular complexity index is 2990. The molecule has 244 valence electrons. The van der Waals surface area contributed by atoms with Gasteiger partial charge in [-0.1, -0.05) is 41.8 Å². The summed E-state index contributed by atoms with van der Waals surface area (Å²) in [5.74, 6) is 2.43. The number of imidazole rings is 2. The molecule has 0 saturated carbocycles. The van der Waals surface area contributed by atoms with Crippen LogP contribution in [0, 0.1) is 18.8 Å². The predicted octanol–water partition coefficient (Wildman–Crippen LogP) is 9.36. The van der Waals surface area contributed by atoms with Gasteiger partial charge in [-0.15, -0.1) is 36.0 Å². The Morgan fingerprint density at radius 3 is 2.46 bits per heavy atom. The van der Waals surface area contributed by atoms with E-state index in [1.807, 2.05) is 113 Å². The van der Waals surface area contributed by atoms with Crippen LogP contribution in [-0.2, 0) is 21.1 Å². The van der Waals surface area contributed by atoms with E-state index in [-0.39, 0.29) is 21.1 Å². The zero-order valence-corrected chi connectivity index (χ0v) is 28.5. The van der Waals surface area contributed by atoms with Crippen LogP contribution in [0.2, 0.25) is 0 Å². The zero-order valence-electron chi connectivity index (χ0n) is 26.3. The average molecular weight is 831 g/mol. The molecule has 1 aliphatic rings. The first-order valence-electron chi connectivity index (χ1n) is 15.9. The van der Waals surface area contributed by atoms with Crippen molar-refractivity contribution in [1.82, 2.24) is 23.8 Å². The molecule has 50 heavy (non-hydrogen) atoms. The number of para-hydroxylation sites is 3. The van der Waals surface area contributed by atoms with E-state index in [2.05, 4.69) is 45.8 Å². The number of anilines is 1. The minimum atomic E-state index is 0. The van der Waals surface area contributed by atoms with Gasteiger partial charge < -0.3 is 27.8 Å². The molecule has 5 aromatic carbocycles. The molecule has 0 N–H and O–H groups in total. The third-order valence-corrected chi connectivity index (χ3v) is 9.18. The number of nitrogens with zero attached hydrogens (tertiary/aromatic N) is 6. The summed E-state index contributed by atoms with van der Waals surface area (Å²) >= 11 is 0. The van der Waals surface area contributed by atoms with Gasteiger partial charge in [0.25, 0.3) is 0 Å². The quantitative estimate of drug-likeness (QED) is 0.164. The molecule has 0 unspecified atom stereocenters.